The number of ether oxygens (including phenoxy) is 1. The minimum absolute atomic E-state index is 0.133. The minimum atomic E-state index is -0.133. The molecule has 0 aliphatic rings. The lowest BCUT2D eigenvalue weighted by Gasteiger charge is -2.12. The minimum Gasteiger partial charge on any atom is -0.497 e. The second-order valence-electron chi connectivity index (χ2n) is 4.89. The summed E-state index contributed by atoms with van der Waals surface area (Å²) >= 11 is 8.94. The van der Waals surface area contributed by atoms with Gasteiger partial charge in [-0.15, -0.1) is 11.6 Å². The van der Waals surface area contributed by atoms with Crippen LogP contribution in [0.1, 0.15) is 16.5 Å². The second kappa shape index (κ2) is 6.24. The molecule has 3 aromatic rings. The number of hydrogen-bond acceptors (Lipinski definition) is 1. The van der Waals surface area contributed by atoms with E-state index in [9.17, 15) is 0 Å². The summed E-state index contributed by atoms with van der Waals surface area (Å²) in [6, 6.07) is 20.7. The SMILES string of the molecule is COc1ccc2cc(C(Cl)c3cccc(I)c3)ccc2c1. The van der Waals surface area contributed by atoms with E-state index < -0.39 is 0 Å². The van der Waals surface area contributed by atoms with Crippen LogP contribution in [0.3, 0.4) is 0 Å². The van der Waals surface area contributed by atoms with E-state index in [1.54, 1.807) is 7.11 Å². The van der Waals surface area contributed by atoms with Gasteiger partial charge in [-0.1, -0.05) is 30.3 Å². The number of methoxy groups -OCH3 is 1. The Kier molecular flexibility index (Phi) is 4.36. The van der Waals surface area contributed by atoms with Gasteiger partial charge in [-0.2, -0.15) is 0 Å². The van der Waals surface area contributed by atoms with Crippen molar-refractivity contribution in [3.05, 3.63) is 75.4 Å². The van der Waals surface area contributed by atoms with Crippen molar-refractivity contribution in [1.82, 2.24) is 0 Å². The van der Waals surface area contributed by atoms with Crippen molar-refractivity contribution in [2.24, 2.45) is 0 Å². The molecule has 0 fully saturated rings. The molecule has 0 saturated heterocycles. The second-order valence-corrected chi connectivity index (χ2v) is 6.57. The smallest absolute Gasteiger partial charge is 0.119 e. The first-order valence-corrected chi connectivity index (χ1v) is 8.16. The van der Waals surface area contributed by atoms with Crippen LogP contribution in [0.15, 0.2) is 60.7 Å². The van der Waals surface area contributed by atoms with Gasteiger partial charge in [0, 0.05) is 3.57 Å². The predicted molar refractivity (Wildman–Crippen MR) is 97.4 cm³/mol. The number of alkyl halides is 1. The van der Waals surface area contributed by atoms with Gasteiger partial charge < -0.3 is 4.74 Å². The van der Waals surface area contributed by atoms with Crippen molar-refractivity contribution in [2.45, 2.75) is 5.38 Å². The Hall–Kier alpha value is -1.26. The Bertz CT molecular complexity index is 785. The third kappa shape index (κ3) is 3.16. The summed E-state index contributed by atoms with van der Waals surface area (Å²) in [7, 11) is 1.68. The summed E-state index contributed by atoms with van der Waals surface area (Å²) in [6.45, 7) is 0. The fourth-order valence-electron chi connectivity index (χ4n) is 2.38. The third-order valence-corrected chi connectivity index (χ3v) is 4.68. The highest BCUT2D eigenvalue weighted by atomic mass is 127. The van der Waals surface area contributed by atoms with E-state index in [-0.39, 0.29) is 5.38 Å². The van der Waals surface area contributed by atoms with Crippen molar-refractivity contribution in [3.63, 3.8) is 0 Å². The fourth-order valence-corrected chi connectivity index (χ4v) is 3.22. The molecule has 0 saturated carbocycles. The van der Waals surface area contributed by atoms with Gasteiger partial charge in [-0.05, 0) is 74.8 Å². The van der Waals surface area contributed by atoms with Gasteiger partial charge in [0.05, 0.1) is 12.5 Å². The van der Waals surface area contributed by atoms with E-state index in [1.807, 2.05) is 18.2 Å². The highest BCUT2D eigenvalue weighted by Gasteiger charge is 2.11. The number of hydrogen-bond donors (Lipinski definition) is 0. The molecule has 0 spiro atoms. The van der Waals surface area contributed by atoms with Crippen LogP contribution in [-0.2, 0) is 0 Å². The molecule has 0 aromatic heterocycles. The summed E-state index contributed by atoms with van der Waals surface area (Å²) < 4.78 is 6.45. The standard InChI is InChI=1S/C18H14ClIO/c1-21-17-8-7-12-9-15(6-5-13(12)11-17)18(19)14-3-2-4-16(20)10-14/h2-11,18H,1H3. The average molecular weight is 409 g/mol. The summed E-state index contributed by atoms with van der Waals surface area (Å²) in [4.78, 5) is 0. The van der Waals surface area contributed by atoms with Crippen molar-refractivity contribution in [3.8, 4) is 5.75 Å². The predicted octanol–water partition coefficient (Wildman–Crippen LogP) is 5.78. The maximum Gasteiger partial charge on any atom is 0.119 e. The molecule has 0 bridgehead atoms. The van der Waals surface area contributed by atoms with Gasteiger partial charge in [0.2, 0.25) is 0 Å². The molecule has 3 rings (SSSR count). The molecule has 1 unspecified atom stereocenters. The van der Waals surface area contributed by atoms with Crippen LogP contribution in [0, 0.1) is 3.57 Å². The van der Waals surface area contributed by atoms with Crippen molar-refractivity contribution in [2.75, 3.05) is 7.11 Å². The molecule has 106 valence electrons. The van der Waals surface area contributed by atoms with Crippen molar-refractivity contribution in [1.29, 1.82) is 0 Å². The van der Waals surface area contributed by atoms with E-state index in [0.717, 1.165) is 22.3 Å². The van der Waals surface area contributed by atoms with Crippen LogP contribution < -0.4 is 4.74 Å². The maximum absolute atomic E-state index is 6.63. The molecule has 1 atom stereocenters. The Morgan fingerprint density at radius 2 is 1.62 bits per heavy atom. The third-order valence-electron chi connectivity index (χ3n) is 3.51. The van der Waals surface area contributed by atoms with E-state index in [2.05, 4.69) is 65.1 Å². The first-order valence-electron chi connectivity index (χ1n) is 6.64. The fraction of sp³-hybridized carbons (Fsp3) is 0.111. The molecule has 21 heavy (non-hydrogen) atoms. The lowest BCUT2D eigenvalue weighted by molar-refractivity contribution is 0.415. The molecule has 0 radical (unpaired) electrons. The average Bonchev–Trinajstić information content (AvgIpc) is 2.53. The zero-order valence-corrected chi connectivity index (χ0v) is 14.4. The highest BCUT2D eigenvalue weighted by Crippen LogP contribution is 2.32. The Morgan fingerprint density at radius 3 is 2.38 bits per heavy atom. The lowest BCUT2D eigenvalue weighted by Crippen LogP contribution is -1.94. The summed E-state index contributed by atoms with van der Waals surface area (Å²) in [5, 5.41) is 2.19. The van der Waals surface area contributed by atoms with Crippen molar-refractivity contribution >= 4 is 45.0 Å². The number of benzene rings is 3. The number of fused-ring (bicyclic) bond motifs is 1. The van der Waals surface area contributed by atoms with Crippen LogP contribution in [0.2, 0.25) is 0 Å². The molecule has 0 amide bonds. The Morgan fingerprint density at radius 1 is 0.905 bits per heavy atom. The Balaban J connectivity index is 2.00. The van der Waals surface area contributed by atoms with Crippen LogP contribution >= 0.6 is 34.2 Å². The molecule has 3 aromatic carbocycles. The molecule has 0 N–H and O–H groups in total. The van der Waals surface area contributed by atoms with Crippen LogP contribution in [0.5, 0.6) is 5.75 Å². The molecule has 0 aliphatic heterocycles. The van der Waals surface area contributed by atoms with Crippen LogP contribution in [-0.4, -0.2) is 7.11 Å². The van der Waals surface area contributed by atoms with Gasteiger partial charge in [-0.25, -0.2) is 0 Å². The zero-order valence-electron chi connectivity index (χ0n) is 11.5. The van der Waals surface area contributed by atoms with Crippen LogP contribution in [0.25, 0.3) is 10.8 Å². The van der Waals surface area contributed by atoms with Crippen molar-refractivity contribution < 1.29 is 4.74 Å². The topological polar surface area (TPSA) is 9.23 Å². The van der Waals surface area contributed by atoms with E-state index in [1.165, 1.54) is 8.96 Å². The monoisotopic (exact) mass is 408 g/mol. The van der Waals surface area contributed by atoms with E-state index in [4.69, 9.17) is 16.3 Å². The zero-order chi connectivity index (χ0) is 14.8. The molecular formula is C18H14ClIO. The quantitative estimate of drug-likeness (QED) is 0.394. The molecule has 3 heteroatoms. The Labute approximate surface area is 143 Å². The van der Waals surface area contributed by atoms with Gasteiger partial charge >= 0.3 is 0 Å². The largest absolute Gasteiger partial charge is 0.497 e. The first-order chi connectivity index (χ1) is 10.2. The van der Waals surface area contributed by atoms with E-state index >= 15 is 0 Å². The number of halogens is 2. The van der Waals surface area contributed by atoms with Crippen LogP contribution in [0.4, 0.5) is 0 Å². The molecule has 1 nitrogen and oxygen atoms in total. The molecule has 0 aliphatic carbocycles. The van der Waals surface area contributed by atoms with Gasteiger partial charge in [-0.3, -0.25) is 0 Å². The summed E-state index contributed by atoms with van der Waals surface area (Å²) in [5.41, 5.74) is 2.23. The molecular weight excluding hydrogens is 395 g/mol. The highest BCUT2D eigenvalue weighted by molar-refractivity contribution is 14.1. The molecule has 0 heterocycles. The maximum atomic E-state index is 6.63. The summed E-state index contributed by atoms with van der Waals surface area (Å²) in [6.07, 6.45) is 0. The van der Waals surface area contributed by atoms with Gasteiger partial charge in [0.15, 0.2) is 0 Å². The first kappa shape index (κ1) is 14.7. The lowest BCUT2D eigenvalue weighted by atomic mass is 10.0. The number of rotatable bonds is 3. The van der Waals surface area contributed by atoms with Gasteiger partial charge in [0.1, 0.15) is 5.75 Å². The van der Waals surface area contributed by atoms with E-state index in [0.29, 0.717) is 0 Å². The normalized spacial score (nSPS) is 12.3. The summed E-state index contributed by atoms with van der Waals surface area (Å²) in [5.74, 6) is 0.871. The van der Waals surface area contributed by atoms with Gasteiger partial charge in [0.25, 0.3) is 0 Å².